The van der Waals surface area contributed by atoms with E-state index in [0.29, 0.717) is 11.4 Å². The molecule has 98 valence electrons. The number of rotatable bonds is 7. The number of unbranched alkanes of at least 4 members (excludes halogenated alkanes) is 1. The first-order chi connectivity index (χ1) is 8.50. The molecule has 1 amide bonds. The van der Waals surface area contributed by atoms with Crippen LogP contribution in [0.1, 0.15) is 24.8 Å². The van der Waals surface area contributed by atoms with Crippen molar-refractivity contribution < 1.29 is 4.79 Å². The monoisotopic (exact) mass is 329 g/mol. The quantitative estimate of drug-likeness (QED) is 0.529. The van der Waals surface area contributed by atoms with Crippen molar-refractivity contribution in [1.82, 2.24) is 0 Å². The number of primary amides is 1. The van der Waals surface area contributed by atoms with Crippen LogP contribution >= 0.6 is 28.1 Å². The normalized spacial score (nSPS) is 10.1. The van der Waals surface area contributed by atoms with Gasteiger partial charge in [0.25, 0.3) is 0 Å². The number of hydrogen-bond acceptors (Lipinski definition) is 3. The van der Waals surface area contributed by atoms with Crippen LogP contribution in [0.4, 0.5) is 5.69 Å². The fourth-order valence-electron chi connectivity index (χ4n) is 1.52. The Morgan fingerprint density at radius 2 is 2.06 bits per heavy atom. The topological polar surface area (TPSA) is 81.1 Å². The van der Waals surface area contributed by atoms with Crippen molar-refractivity contribution in [3.8, 4) is 0 Å². The number of nitrogens with two attached hydrogens (primary N) is 2. The van der Waals surface area contributed by atoms with Gasteiger partial charge in [-0.3, -0.25) is 4.79 Å². The minimum absolute atomic E-state index is 0.263. The van der Waals surface area contributed by atoms with Crippen LogP contribution < -0.4 is 16.8 Å². The Morgan fingerprint density at radius 1 is 1.33 bits per heavy atom. The summed E-state index contributed by atoms with van der Waals surface area (Å²) in [5.74, 6) is -0.263. The average Bonchev–Trinajstić information content (AvgIpc) is 2.27. The molecule has 0 unspecified atom stereocenters. The molecule has 0 aliphatic carbocycles. The lowest BCUT2D eigenvalue weighted by atomic mass is 10.1. The summed E-state index contributed by atoms with van der Waals surface area (Å²) in [6.07, 6.45) is 2.06. The van der Waals surface area contributed by atoms with Gasteiger partial charge in [0, 0.05) is 28.7 Å². The van der Waals surface area contributed by atoms with Gasteiger partial charge in [0.05, 0.1) is 0 Å². The van der Waals surface area contributed by atoms with E-state index in [2.05, 4.69) is 21.2 Å². The summed E-state index contributed by atoms with van der Waals surface area (Å²) < 4.78 is 0.960. The molecule has 0 bridgehead atoms. The van der Waals surface area contributed by atoms with E-state index in [1.165, 1.54) is 0 Å². The number of halogens is 1. The number of hydrogen-bond donors (Lipinski definition) is 3. The van der Waals surface area contributed by atoms with Gasteiger partial charge in [-0.05, 0) is 31.0 Å². The zero-order valence-electron chi connectivity index (χ0n) is 9.91. The van der Waals surface area contributed by atoms with Crippen molar-refractivity contribution in [3.63, 3.8) is 0 Å². The van der Waals surface area contributed by atoms with Crippen LogP contribution in [0, 0.1) is 0 Å². The summed E-state index contributed by atoms with van der Waals surface area (Å²) in [6, 6.07) is 5.70. The molecule has 0 spiro atoms. The van der Waals surface area contributed by atoms with Gasteiger partial charge in [-0.15, -0.1) is 0 Å². The Morgan fingerprint density at radius 3 is 2.67 bits per heavy atom. The molecular weight excluding hydrogens is 314 g/mol. The Hall–Kier alpha value is -1.14. The molecule has 0 fully saturated rings. The molecule has 0 aromatic heterocycles. The second-order valence-corrected chi connectivity index (χ2v) is 5.26. The summed E-state index contributed by atoms with van der Waals surface area (Å²) in [5, 5.41) is 3.26. The van der Waals surface area contributed by atoms with Gasteiger partial charge in [0.2, 0.25) is 5.91 Å². The maximum atomic E-state index is 10.6. The summed E-state index contributed by atoms with van der Waals surface area (Å²) >= 11 is 8.39. The van der Waals surface area contributed by atoms with E-state index in [-0.39, 0.29) is 5.91 Å². The van der Waals surface area contributed by atoms with Gasteiger partial charge in [0.15, 0.2) is 0 Å². The van der Waals surface area contributed by atoms with Crippen molar-refractivity contribution in [1.29, 1.82) is 0 Å². The highest BCUT2D eigenvalue weighted by atomic mass is 79.9. The van der Waals surface area contributed by atoms with E-state index in [0.717, 1.165) is 35.1 Å². The van der Waals surface area contributed by atoms with E-state index < -0.39 is 0 Å². The molecule has 0 aliphatic heterocycles. The Labute approximate surface area is 120 Å². The summed E-state index contributed by atoms with van der Waals surface area (Å²) in [6.45, 7) is 0.749. The maximum absolute atomic E-state index is 10.6. The number of thiocarbonyl (C=S) groups is 1. The molecule has 0 aliphatic rings. The molecule has 0 radical (unpaired) electrons. The molecule has 1 aromatic rings. The molecule has 1 aromatic carbocycles. The second-order valence-electron chi connectivity index (χ2n) is 3.90. The highest BCUT2D eigenvalue weighted by Crippen LogP contribution is 2.21. The van der Waals surface area contributed by atoms with Crippen molar-refractivity contribution in [2.75, 3.05) is 11.9 Å². The lowest BCUT2D eigenvalue weighted by Gasteiger charge is -2.11. The highest BCUT2D eigenvalue weighted by molar-refractivity contribution is 9.10. The van der Waals surface area contributed by atoms with Crippen LogP contribution in [-0.4, -0.2) is 17.4 Å². The maximum Gasteiger partial charge on any atom is 0.217 e. The van der Waals surface area contributed by atoms with Crippen molar-refractivity contribution in [3.05, 3.63) is 28.2 Å². The average molecular weight is 330 g/mol. The molecular formula is C12H16BrN3OS. The third-order valence-electron chi connectivity index (χ3n) is 2.41. The fourth-order valence-corrected chi connectivity index (χ4v) is 2.06. The first kappa shape index (κ1) is 14.9. The minimum atomic E-state index is -0.263. The van der Waals surface area contributed by atoms with E-state index >= 15 is 0 Å². The van der Waals surface area contributed by atoms with Crippen LogP contribution in [0.25, 0.3) is 0 Å². The summed E-state index contributed by atoms with van der Waals surface area (Å²) in [4.78, 5) is 10.9. The van der Waals surface area contributed by atoms with Gasteiger partial charge in [-0.1, -0.05) is 28.1 Å². The van der Waals surface area contributed by atoms with Crippen molar-refractivity contribution >= 4 is 44.7 Å². The van der Waals surface area contributed by atoms with Crippen molar-refractivity contribution in [2.45, 2.75) is 19.3 Å². The zero-order valence-corrected chi connectivity index (χ0v) is 12.3. The largest absolute Gasteiger partial charge is 0.389 e. The predicted octanol–water partition coefficient (Wildman–Crippen LogP) is 2.15. The molecule has 4 nitrogen and oxygen atoms in total. The van der Waals surface area contributed by atoms with E-state index in [9.17, 15) is 4.79 Å². The first-order valence-electron chi connectivity index (χ1n) is 5.62. The van der Waals surface area contributed by atoms with Crippen LogP contribution in [0.2, 0.25) is 0 Å². The van der Waals surface area contributed by atoms with Gasteiger partial charge < -0.3 is 16.8 Å². The first-order valence-corrected chi connectivity index (χ1v) is 6.82. The van der Waals surface area contributed by atoms with Crippen LogP contribution in [0.15, 0.2) is 22.7 Å². The molecule has 18 heavy (non-hydrogen) atoms. The number of benzene rings is 1. The minimum Gasteiger partial charge on any atom is -0.389 e. The van der Waals surface area contributed by atoms with Crippen LogP contribution in [0.3, 0.4) is 0 Å². The standard InChI is InChI=1S/C12H16BrN3OS/c13-8-4-5-9(12(15)18)10(7-8)16-6-2-1-3-11(14)17/h4-5,7,16H,1-3,6H2,(H2,14,17)(H2,15,18). The second kappa shape index (κ2) is 7.33. The number of carbonyl (C=O) groups is 1. The smallest absolute Gasteiger partial charge is 0.217 e. The zero-order chi connectivity index (χ0) is 13.5. The van der Waals surface area contributed by atoms with Gasteiger partial charge in [-0.25, -0.2) is 0 Å². The SMILES string of the molecule is NC(=O)CCCCNc1cc(Br)ccc1C(N)=S. The van der Waals surface area contributed by atoms with Gasteiger partial charge >= 0.3 is 0 Å². The third-order valence-corrected chi connectivity index (χ3v) is 3.13. The molecule has 0 heterocycles. The molecule has 0 atom stereocenters. The lowest BCUT2D eigenvalue weighted by Crippen LogP contribution is -2.14. The predicted molar refractivity (Wildman–Crippen MR) is 81.6 cm³/mol. The summed E-state index contributed by atoms with van der Waals surface area (Å²) in [5.41, 5.74) is 12.4. The van der Waals surface area contributed by atoms with Crippen LogP contribution in [-0.2, 0) is 4.79 Å². The Balaban J connectivity index is 2.53. The van der Waals surface area contributed by atoms with Crippen molar-refractivity contribution in [2.24, 2.45) is 11.5 Å². The van der Waals surface area contributed by atoms with Gasteiger partial charge in [-0.2, -0.15) is 0 Å². The molecule has 6 heteroatoms. The highest BCUT2D eigenvalue weighted by Gasteiger charge is 2.05. The van der Waals surface area contributed by atoms with Crippen LogP contribution in [0.5, 0.6) is 0 Å². The molecule has 0 saturated heterocycles. The molecule has 1 rings (SSSR count). The van der Waals surface area contributed by atoms with E-state index in [1.54, 1.807) is 0 Å². The molecule has 5 N–H and O–H groups in total. The lowest BCUT2D eigenvalue weighted by molar-refractivity contribution is -0.118. The Kier molecular flexibility index (Phi) is 6.07. The number of nitrogens with one attached hydrogen (secondary N) is 1. The summed E-state index contributed by atoms with van der Waals surface area (Å²) in [7, 11) is 0. The Bertz CT molecular complexity index is 451. The van der Waals surface area contributed by atoms with E-state index in [4.69, 9.17) is 23.7 Å². The number of anilines is 1. The van der Waals surface area contributed by atoms with E-state index in [1.807, 2.05) is 18.2 Å². The molecule has 0 saturated carbocycles. The fraction of sp³-hybridized carbons (Fsp3) is 0.333. The third kappa shape index (κ3) is 5.01. The number of carbonyl (C=O) groups excluding carboxylic acids is 1. The number of amides is 1. The van der Waals surface area contributed by atoms with Gasteiger partial charge in [0.1, 0.15) is 4.99 Å².